The molecule has 0 aliphatic heterocycles. The minimum atomic E-state index is -0.498. The molecule has 0 bridgehead atoms. The van der Waals surface area contributed by atoms with Gasteiger partial charge in [-0.2, -0.15) is 5.26 Å². The molecular weight excluding hydrogens is 207 g/mol. The molecule has 0 aliphatic rings. The number of hydrogen-bond donors (Lipinski definition) is 1. The van der Waals surface area contributed by atoms with Gasteiger partial charge in [-0.3, -0.25) is 0 Å². The molecular formula is C12H15FN2O. The van der Waals surface area contributed by atoms with Crippen LogP contribution in [0.3, 0.4) is 0 Å². The summed E-state index contributed by atoms with van der Waals surface area (Å²) in [5.74, 6) is -0.498. The van der Waals surface area contributed by atoms with E-state index >= 15 is 0 Å². The van der Waals surface area contributed by atoms with Crippen LogP contribution in [0, 0.1) is 17.1 Å². The van der Waals surface area contributed by atoms with Crippen LogP contribution in [0.4, 0.5) is 10.1 Å². The second kappa shape index (κ2) is 6.09. The summed E-state index contributed by atoms with van der Waals surface area (Å²) < 4.78 is 13.4. The van der Waals surface area contributed by atoms with Gasteiger partial charge in [0.15, 0.2) is 0 Å². The van der Waals surface area contributed by atoms with Gasteiger partial charge in [0.05, 0.1) is 5.69 Å². The number of nitrogens with zero attached hydrogens (tertiary/aromatic N) is 2. The SMILES string of the molecule is CCN(CCCO)c1cccc(F)c1C#N. The number of aliphatic hydroxyl groups is 1. The number of hydrogen-bond acceptors (Lipinski definition) is 3. The van der Waals surface area contributed by atoms with Crippen LogP contribution in [0.2, 0.25) is 0 Å². The minimum absolute atomic E-state index is 0.0716. The first-order valence-corrected chi connectivity index (χ1v) is 5.29. The van der Waals surface area contributed by atoms with Gasteiger partial charge in [0.2, 0.25) is 0 Å². The van der Waals surface area contributed by atoms with E-state index in [9.17, 15) is 4.39 Å². The largest absolute Gasteiger partial charge is 0.396 e. The second-order valence-electron chi connectivity index (χ2n) is 3.40. The predicted molar refractivity (Wildman–Crippen MR) is 60.7 cm³/mol. The predicted octanol–water partition coefficient (Wildman–Crippen LogP) is 1.91. The Morgan fingerprint density at radius 2 is 2.25 bits per heavy atom. The molecule has 0 aromatic heterocycles. The minimum Gasteiger partial charge on any atom is -0.396 e. The summed E-state index contributed by atoms with van der Waals surface area (Å²) in [4.78, 5) is 1.89. The molecule has 0 saturated heterocycles. The maximum Gasteiger partial charge on any atom is 0.143 e. The number of anilines is 1. The summed E-state index contributed by atoms with van der Waals surface area (Å²) in [5, 5.41) is 17.7. The summed E-state index contributed by atoms with van der Waals surface area (Å²) in [5.41, 5.74) is 0.667. The van der Waals surface area contributed by atoms with Crippen molar-refractivity contribution in [1.82, 2.24) is 0 Å². The van der Waals surface area contributed by atoms with Crippen molar-refractivity contribution < 1.29 is 9.50 Å². The molecule has 0 saturated carbocycles. The van der Waals surface area contributed by atoms with E-state index in [-0.39, 0.29) is 12.2 Å². The van der Waals surface area contributed by atoms with E-state index in [1.165, 1.54) is 6.07 Å². The number of nitriles is 1. The summed E-state index contributed by atoms with van der Waals surface area (Å²) in [6, 6.07) is 6.47. The lowest BCUT2D eigenvalue weighted by molar-refractivity contribution is 0.289. The van der Waals surface area contributed by atoms with E-state index in [2.05, 4.69) is 0 Å². The van der Waals surface area contributed by atoms with Gasteiger partial charge in [-0.05, 0) is 25.5 Å². The first-order valence-electron chi connectivity index (χ1n) is 5.29. The molecule has 0 unspecified atom stereocenters. The third-order valence-corrected chi connectivity index (χ3v) is 2.41. The summed E-state index contributed by atoms with van der Waals surface area (Å²) in [6.07, 6.45) is 0.606. The molecule has 0 atom stereocenters. The Balaban J connectivity index is 3.00. The van der Waals surface area contributed by atoms with Gasteiger partial charge < -0.3 is 10.0 Å². The quantitative estimate of drug-likeness (QED) is 0.827. The number of aliphatic hydroxyl groups excluding tert-OH is 1. The van der Waals surface area contributed by atoms with E-state index in [0.29, 0.717) is 25.2 Å². The Bertz CT molecular complexity index is 387. The number of halogens is 1. The van der Waals surface area contributed by atoms with E-state index in [1.807, 2.05) is 17.9 Å². The second-order valence-corrected chi connectivity index (χ2v) is 3.40. The van der Waals surface area contributed by atoms with Gasteiger partial charge in [0, 0.05) is 19.7 Å². The van der Waals surface area contributed by atoms with Gasteiger partial charge in [-0.1, -0.05) is 6.07 Å². The first kappa shape index (κ1) is 12.5. The van der Waals surface area contributed by atoms with Crippen LogP contribution >= 0.6 is 0 Å². The van der Waals surface area contributed by atoms with Crippen molar-refractivity contribution in [1.29, 1.82) is 5.26 Å². The molecule has 0 heterocycles. The standard InChI is InChI=1S/C12H15FN2O/c1-2-15(7-4-8-16)12-6-3-5-11(13)10(12)9-14/h3,5-6,16H,2,4,7-8H2,1H3. The van der Waals surface area contributed by atoms with Crippen LogP contribution < -0.4 is 4.90 Å². The molecule has 3 nitrogen and oxygen atoms in total. The van der Waals surface area contributed by atoms with Crippen molar-refractivity contribution in [3.05, 3.63) is 29.6 Å². The van der Waals surface area contributed by atoms with Crippen LogP contribution in [0.15, 0.2) is 18.2 Å². The Labute approximate surface area is 94.7 Å². The van der Waals surface area contributed by atoms with Gasteiger partial charge in [-0.15, -0.1) is 0 Å². The maximum atomic E-state index is 13.4. The summed E-state index contributed by atoms with van der Waals surface area (Å²) in [7, 11) is 0. The average Bonchev–Trinajstić information content (AvgIpc) is 2.30. The molecule has 0 amide bonds. The topological polar surface area (TPSA) is 47.3 Å². The highest BCUT2D eigenvalue weighted by Gasteiger charge is 2.12. The van der Waals surface area contributed by atoms with Crippen molar-refractivity contribution in [3.8, 4) is 6.07 Å². The van der Waals surface area contributed by atoms with Crippen LogP contribution in [-0.2, 0) is 0 Å². The molecule has 0 aliphatic carbocycles. The highest BCUT2D eigenvalue weighted by atomic mass is 19.1. The molecule has 16 heavy (non-hydrogen) atoms. The first-order chi connectivity index (χ1) is 7.74. The van der Waals surface area contributed by atoms with E-state index in [1.54, 1.807) is 12.1 Å². The fourth-order valence-corrected chi connectivity index (χ4v) is 1.60. The van der Waals surface area contributed by atoms with Gasteiger partial charge in [-0.25, -0.2) is 4.39 Å². The molecule has 0 fully saturated rings. The zero-order chi connectivity index (χ0) is 12.0. The molecule has 1 N–H and O–H groups in total. The van der Waals surface area contributed by atoms with E-state index in [0.717, 1.165) is 0 Å². The molecule has 86 valence electrons. The van der Waals surface area contributed by atoms with Crippen LogP contribution in [0.1, 0.15) is 18.9 Å². The Hall–Kier alpha value is -1.60. The number of rotatable bonds is 5. The fourth-order valence-electron chi connectivity index (χ4n) is 1.60. The van der Waals surface area contributed by atoms with Crippen LogP contribution in [0.25, 0.3) is 0 Å². The lowest BCUT2D eigenvalue weighted by Gasteiger charge is -2.23. The number of benzene rings is 1. The Morgan fingerprint density at radius 3 is 2.81 bits per heavy atom. The fraction of sp³-hybridized carbons (Fsp3) is 0.417. The Morgan fingerprint density at radius 1 is 1.50 bits per heavy atom. The molecule has 1 aromatic rings. The smallest absolute Gasteiger partial charge is 0.143 e. The highest BCUT2D eigenvalue weighted by Crippen LogP contribution is 2.22. The zero-order valence-corrected chi connectivity index (χ0v) is 9.28. The average molecular weight is 222 g/mol. The molecule has 1 rings (SSSR count). The molecule has 0 radical (unpaired) electrons. The zero-order valence-electron chi connectivity index (χ0n) is 9.28. The van der Waals surface area contributed by atoms with Gasteiger partial charge >= 0.3 is 0 Å². The monoisotopic (exact) mass is 222 g/mol. The highest BCUT2D eigenvalue weighted by molar-refractivity contribution is 5.59. The molecule has 4 heteroatoms. The molecule has 1 aromatic carbocycles. The van der Waals surface area contributed by atoms with E-state index < -0.39 is 5.82 Å². The third-order valence-electron chi connectivity index (χ3n) is 2.41. The Kier molecular flexibility index (Phi) is 4.74. The van der Waals surface area contributed by atoms with Crippen molar-refractivity contribution in [3.63, 3.8) is 0 Å². The maximum absolute atomic E-state index is 13.4. The van der Waals surface area contributed by atoms with Crippen molar-refractivity contribution in [2.75, 3.05) is 24.6 Å². The normalized spacial score (nSPS) is 9.88. The van der Waals surface area contributed by atoms with Gasteiger partial charge in [0.25, 0.3) is 0 Å². The van der Waals surface area contributed by atoms with Crippen molar-refractivity contribution >= 4 is 5.69 Å². The molecule has 0 spiro atoms. The summed E-state index contributed by atoms with van der Waals surface area (Å²) in [6.45, 7) is 3.32. The van der Waals surface area contributed by atoms with Crippen molar-refractivity contribution in [2.45, 2.75) is 13.3 Å². The lowest BCUT2D eigenvalue weighted by atomic mass is 10.1. The van der Waals surface area contributed by atoms with Crippen molar-refractivity contribution in [2.24, 2.45) is 0 Å². The van der Waals surface area contributed by atoms with Crippen LogP contribution in [0.5, 0.6) is 0 Å². The summed E-state index contributed by atoms with van der Waals surface area (Å²) >= 11 is 0. The third kappa shape index (κ3) is 2.71. The van der Waals surface area contributed by atoms with E-state index in [4.69, 9.17) is 10.4 Å². The van der Waals surface area contributed by atoms with Gasteiger partial charge in [0.1, 0.15) is 17.4 Å². The lowest BCUT2D eigenvalue weighted by Crippen LogP contribution is -2.25. The van der Waals surface area contributed by atoms with Crippen LogP contribution in [-0.4, -0.2) is 24.8 Å².